The van der Waals surface area contributed by atoms with E-state index in [1.807, 2.05) is 42.5 Å². The molecule has 1 aromatic heterocycles. The summed E-state index contributed by atoms with van der Waals surface area (Å²) in [5.41, 5.74) is 1.59. The molecule has 0 aliphatic rings. The number of ether oxygens (including phenoxy) is 1. The molecule has 0 saturated heterocycles. The zero-order chi connectivity index (χ0) is 21.2. The number of nitrogens with zero attached hydrogens (tertiary/aromatic N) is 2. The van der Waals surface area contributed by atoms with Crippen molar-refractivity contribution in [1.82, 2.24) is 4.98 Å². The van der Waals surface area contributed by atoms with Crippen LogP contribution in [0.2, 0.25) is 0 Å². The first-order chi connectivity index (χ1) is 14.6. The Morgan fingerprint density at radius 1 is 1.07 bits per heavy atom. The summed E-state index contributed by atoms with van der Waals surface area (Å²) in [5, 5.41) is 12.4. The Balaban J connectivity index is 1.48. The molecule has 2 aromatic carbocycles. The number of hydrogen-bond donors (Lipinski definition) is 2. The molecule has 0 unspecified atom stereocenters. The maximum Gasteiger partial charge on any atom is 0.323 e. The highest BCUT2D eigenvalue weighted by Gasteiger charge is 2.12. The third-order valence-electron chi connectivity index (χ3n) is 4.38. The van der Waals surface area contributed by atoms with Crippen LogP contribution < -0.4 is 15.0 Å². The summed E-state index contributed by atoms with van der Waals surface area (Å²) in [7, 11) is 0. The maximum atomic E-state index is 13.2. The fraction of sp³-hybridized carbons (Fsp3) is 0.217. The Hall–Kier alpha value is -3.61. The number of aromatic nitrogens is 1. The van der Waals surface area contributed by atoms with Crippen LogP contribution in [-0.2, 0) is 11.3 Å². The molecule has 3 rings (SSSR count). The van der Waals surface area contributed by atoms with E-state index in [0.29, 0.717) is 18.8 Å². The van der Waals surface area contributed by atoms with Crippen LogP contribution in [0, 0.1) is 5.82 Å². The Bertz CT molecular complexity index is 919. The topological polar surface area (TPSA) is 74.7 Å². The molecule has 0 saturated carbocycles. The van der Waals surface area contributed by atoms with Crippen molar-refractivity contribution in [2.75, 3.05) is 29.9 Å². The summed E-state index contributed by atoms with van der Waals surface area (Å²) >= 11 is 0. The van der Waals surface area contributed by atoms with Gasteiger partial charge < -0.3 is 20.1 Å². The number of pyridine rings is 1. The molecule has 0 amide bonds. The minimum Gasteiger partial charge on any atom is -0.494 e. The second-order valence-corrected chi connectivity index (χ2v) is 6.71. The number of aliphatic carboxylic acids is 1. The standard InChI is InChI=1S/C23H24FN3O3/c24-19-7-9-20(10-8-19)27(17-23(28)29)16-18-5-11-21(12-6-18)30-15-3-14-26-22-4-1-2-13-25-22/h1-2,4-13H,3,14-17H2,(H,25,26)(H,28,29). The van der Waals surface area contributed by atoms with Gasteiger partial charge in [-0.1, -0.05) is 18.2 Å². The van der Waals surface area contributed by atoms with E-state index >= 15 is 0 Å². The lowest BCUT2D eigenvalue weighted by Crippen LogP contribution is -2.29. The van der Waals surface area contributed by atoms with Crippen molar-refractivity contribution in [3.8, 4) is 5.75 Å². The third-order valence-corrected chi connectivity index (χ3v) is 4.38. The van der Waals surface area contributed by atoms with Crippen LogP contribution in [0.3, 0.4) is 0 Å². The Kier molecular flexibility index (Phi) is 7.60. The highest BCUT2D eigenvalue weighted by atomic mass is 19.1. The van der Waals surface area contributed by atoms with Gasteiger partial charge in [0, 0.05) is 25.0 Å². The molecule has 6 nitrogen and oxygen atoms in total. The van der Waals surface area contributed by atoms with Crippen molar-refractivity contribution in [2.45, 2.75) is 13.0 Å². The lowest BCUT2D eigenvalue weighted by Gasteiger charge is -2.23. The molecule has 0 atom stereocenters. The van der Waals surface area contributed by atoms with E-state index in [1.54, 1.807) is 23.2 Å². The molecule has 0 radical (unpaired) electrons. The summed E-state index contributed by atoms with van der Waals surface area (Å²) in [4.78, 5) is 17.1. The molecule has 0 spiro atoms. The van der Waals surface area contributed by atoms with E-state index in [-0.39, 0.29) is 12.4 Å². The number of carboxylic acids is 1. The molecule has 3 aromatic rings. The number of anilines is 2. The van der Waals surface area contributed by atoms with E-state index in [2.05, 4.69) is 10.3 Å². The number of nitrogens with one attached hydrogen (secondary N) is 1. The highest BCUT2D eigenvalue weighted by Crippen LogP contribution is 2.19. The average Bonchev–Trinajstić information content (AvgIpc) is 2.75. The monoisotopic (exact) mass is 409 g/mol. The first kappa shape index (κ1) is 21.1. The minimum atomic E-state index is -0.946. The molecular weight excluding hydrogens is 385 g/mol. The van der Waals surface area contributed by atoms with Gasteiger partial charge in [0.05, 0.1) is 6.61 Å². The SMILES string of the molecule is O=C(O)CN(Cc1ccc(OCCCNc2ccccn2)cc1)c1ccc(F)cc1. The number of carbonyl (C=O) groups is 1. The van der Waals surface area contributed by atoms with Gasteiger partial charge in [0.1, 0.15) is 23.9 Å². The minimum absolute atomic E-state index is 0.173. The predicted octanol–water partition coefficient (Wildman–Crippen LogP) is 4.19. The van der Waals surface area contributed by atoms with Crippen LogP contribution in [0.25, 0.3) is 0 Å². The van der Waals surface area contributed by atoms with Crippen molar-refractivity contribution in [1.29, 1.82) is 0 Å². The van der Waals surface area contributed by atoms with Gasteiger partial charge in [0.25, 0.3) is 0 Å². The summed E-state index contributed by atoms with van der Waals surface area (Å²) in [6.07, 6.45) is 2.57. The Morgan fingerprint density at radius 2 is 1.83 bits per heavy atom. The van der Waals surface area contributed by atoms with Gasteiger partial charge in [-0.15, -0.1) is 0 Å². The summed E-state index contributed by atoms with van der Waals surface area (Å²) in [6.45, 7) is 1.55. The third kappa shape index (κ3) is 6.77. The summed E-state index contributed by atoms with van der Waals surface area (Å²) in [5.74, 6) is 0.293. The maximum absolute atomic E-state index is 13.2. The van der Waals surface area contributed by atoms with Crippen molar-refractivity contribution in [3.63, 3.8) is 0 Å². The van der Waals surface area contributed by atoms with Crippen LogP contribution in [0.1, 0.15) is 12.0 Å². The lowest BCUT2D eigenvalue weighted by molar-refractivity contribution is -0.135. The van der Waals surface area contributed by atoms with Crippen LogP contribution in [0.15, 0.2) is 72.9 Å². The Labute approximate surface area is 174 Å². The zero-order valence-electron chi connectivity index (χ0n) is 16.5. The molecule has 30 heavy (non-hydrogen) atoms. The van der Waals surface area contributed by atoms with Gasteiger partial charge in [-0.25, -0.2) is 9.37 Å². The van der Waals surface area contributed by atoms with Gasteiger partial charge >= 0.3 is 5.97 Å². The molecule has 0 bridgehead atoms. The molecule has 156 valence electrons. The van der Waals surface area contributed by atoms with Crippen LogP contribution >= 0.6 is 0 Å². The zero-order valence-corrected chi connectivity index (χ0v) is 16.5. The molecule has 0 fully saturated rings. The first-order valence-corrected chi connectivity index (χ1v) is 9.69. The second-order valence-electron chi connectivity index (χ2n) is 6.71. The number of rotatable bonds is 11. The van der Waals surface area contributed by atoms with E-state index in [1.165, 1.54) is 12.1 Å². The normalized spacial score (nSPS) is 10.4. The van der Waals surface area contributed by atoms with Crippen molar-refractivity contribution in [3.05, 3.63) is 84.3 Å². The quantitative estimate of drug-likeness (QED) is 0.463. The van der Waals surface area contributed by atoms with Gasteiger partial charge in [0.2, 0.25) is 0 Å². The first-order valence-electron chi connectivity index (χ1n) is 9.69. The Morgan fingerprint density at radius 3 is 2.50 bits per heavy atom. The molecule has 7 heteroatoms. The van der Waals surface area contributed by atoms with Gasteiger partial charge in [-0.05, 0) is 60.5 Å². The number of benzene rings is 2. The van der Waals surface area contributed by atoms with Crippen molar-refractivity contribution >= 4 is 17.5 Å². The van der Waals surface area contributed by atoms with E-state index in [9.17, 15) is 14.3 Å². The van der Waals surface area contributed by atoms with Crippen LogP contribution in [0.5, 0.6) is 5.75 Å². The fourth-order valence-corrected chi connectivity index (χ4v) is 2.91. The lowest BCUT2D eigenvalue weighted by atomic mass is 10.2. The molecule has 0 aliphatic carbocycles. The smallest absolute Gasteiger partial charge is 0.323 e. The number of carboxylic acid groups (broad SMARTS) is 1. The predicted molar refractivity (Wildman–Crippen MR) is 114 cm³/mol. The van der Waals surface area contributed by atoms with Gasteiger partial charge in [-0.2, -0.15) is 0 Å². The largest absolute Gasteiger partial charge is 0.494 e. The number of hydrogen-bond acceptors (Lipinski definition) is 5. The van der Waals surface area contributed by atoms with Gasteiger partial charge in [-0.3, -0.25) is 4.79 Å². The fourth-order valence-electron chi connectivity index (χ4n) is 2.91. The number of halogens is 1. The highest BCUT2D eigenvalue weighted by molar-refractivity contribution is 5.73. The van der Waals surface area contributed by atoms with E-state index in [0.717, 1.165) is 30.1 Å². The van der Waals surface area contributed by atoms with E-state index < -0.39 is 5.97 Å². The van der Waals surface area contributed by atoms with Gasteiger partial charge in [0.15, 0.2) is 0 Å². The molecule has 2 N–H and O–H groups in total. The molecular formula is C23H24FN3O3. The average molecular weight is 409 g/mol. The van der Waals surface area contributed by atoms with E-state index in [4.69, 9.17) is 4.74 Å². The second kappa shape index (κ2) is 10.8. The summed E-state index contributed by atoms with van der Waals surface area (Å²) in [6, 6.07) is 19.1. The molecule has 1 heterocycles. The van der Waals surface area contributed by atoms with Crippen LogP contribution in [-0.4, -0.2) is 35.8 Å². The van der Waals surface area contributed by atoms with Crippen LogP contribution in [0.4, 0.5) is 15.9 Å². The van der Waals surface area contributed by atoms with Crippen molar-refractivity contribution in [2.24, 2.45) is 0 Å². The summed E-state index contributed by atoms with van der Waals surface area (Å²) < 4.78 is 18.9. The van der Waals surface area contributed by atoms with Crippen molar-refractivity contribution < 1.29 is 19.0 Å². The molecule has 0 aliphatic heterocycles.